The molecule has 4 rings (SSSR count). The third-order valence-electron chi connectivity index (χ3n) is 8.89. The lowest BCUT2D eigenvalue weighted by Gasteiger charge is -1.98. The molecule has 33 heteroatoms. The maximum Gasteiger partial charge on any atom is 0.221 e. The van der Waals surface area contributed by atoms with Gasteiger partial charge in [0.05, 0.1) is 34.5 Å². The van der Waals surface area contributed by atoms with Crippen LogP contribution in [-0.2, 0) is 35.3 Å². The van der Waals surface area contributed by atoms with Gasteiger partial charge in [0.2, 0.25) is 25.8 Å². The summed E-state index contributed by atoms with van der Waals surface area (Å²) in [5.41, 5.74) is 64.7. The fraction of sp³-hybridized carbons (Fsp3) is 0.578. The normalized spacial score (nSPS) is 9.82. The summed E-state index contributed by atoms with van der Waals surface area (Å²) in [6, 6.07) is 0. The van der Waals surface area contributed by atoms with Crippen LogP contribution in [0.4, 0.5) is 20.5 Å². The van der Waals surface area contributed by atoms with Crippen molar-refractivity contribution in [2.75, 3.05) is 36.6 Å². The van der Waals surface area contributed by atoms with Crippen LogP contribution in [-0.4, -0.2) is 97.2 Å². The summed E-state index contributed by atoms with van der Waals surface area (Å²) in [6.45, 7) is 1.26. The van der Waals surface area contributed by atoms with Crippen LogP contribution in [0.3, 0.4) is 0 Å². The molecule has 24 nitrogen and oxygen atoms in total. The fourth-order valence-corrected chi connectivity index (χ4v) is 9.11. The second-order valence-corrected chi connectivity index (χ2v) is 21.0. The molecule has 0 aliphatic heterocycles. The van der Waals surface area contributed by atoms with Gasteiger partial charge in [0.25, 0.3) is 0 Å². The van der Waals surface area contributed by atoms with E-state index in [4.69, 9.17) is 126 Å². The first kappa shape index (κ1) is 75.2. The van der Waals surface area contributed by atoms with Crippen molar-refractivity contribution in [3.8, 4) is 0 Å². The van der Waals surface area contributed by atoms with Gasteiger partial charge in [-0.25, -0.2) is 19.9 Å². The first-order chi connectivity index (χ1) is 37.3. The third-order valence-corrected chi connectivity index (χ3v) is 13.3. The average molecular weight is 1260 g/mol. The van der Waals surface area contributed by atoms with E-state index < -0.39 is 0 Å². The number of hydrogen-bond acceptors (Lipinski definition) is 17. The summed E-state index contributed by atoms with van der Waals surface area (Å²) in [4.78, 5) is 55.7. The topological polar surface area (TPSA) is 468 Å². The minimum Gasteiger partial charge on any atom is -0.388 e. The van der Waals surface area contributed by atoms with E-state index in [-0.39, 0.29) is 46.6 Å². The molecule has 0 spiro atoms. The summed E-state index contributed by atoms with van der Waals surface area (Å²) in [5.74, 6) is 2.61. The van der Waals surface area contributed by atoms with Gasteiger partial charge in [0.1, 0.15) is 5.78 Å². The van der Waals surface area contributed by atoms with E-state index in [2.05, 4.69) is 49.9 Å². The molecule has 0 amide bonds. The lowest BCUT2D eigenvalue weighted by Crippen LogP contribution is -2.21. The molecule has 78 heavy (non-hydrogen) atoms. The zero-order valence-corrected chi connectivity index (χ0v) is 50.8. The van der Waals surface area contributed by atoms with Crippen molar-refractivity contribution >= 4 is 165 Å². The Morgan fingerprint density at radius 1 is 0.500 bits per heavy atom. The number of Topliss-reactive ketones (excluding diaryl/α,β-unsaturated/α-hetero) is 1. The third kappa shape index (κ3) is 49.4. The van der Waals surface area contributed by atoms with Crippen molar-refractivity contribution in [1.29, 1.82) is 5.41 Å². The Labute approximate surface area is 498 Å². The summed E-state index contributed by atoms with van der Waals surface area (Å²) >= 11 is 32.3. The van der Waals surface area contributed by atoms with Gasteiger partial charge in [-0.05, 0) is 126 Å². The van der Waals surface area contributed by atoms with Crippen molar-refractivity contribution in [3.05, 3.63) is 54.7 Å². The lowest BCUT2D eigenvalue weighted by atomic mass is 10.1. The van der Waals surface area contributed by atoms with Crippen LogP contribution >= 0.6 is 103 Å². The number of amidine groups is 1. The Hall–Kier alpha value is -4.87. The van der Waals surface area contributed by atoms with Gasteiger partial charge in [-0.2, -0.15) is 20.0 Å². The highest BCUT2D eigenvalue weighted by atomic mass is 35.5. The largest absolute Gasteiger partial charge is 0.388 e. The van der Waals surface area contributed by atoms with Gasteiger partial charge in [0, 0.05) is 69.9 Å². The predicted octanol–water partition coefficient (Wildman–Crippen LogP) is 9.07. The zero-order chi connectivity index (χ0) is 58.8. The molecule has 0 saturated carbocycles. The summed E-state index contributed by atoms with van der Waals surface area (Å²) in [5, 5.41) is 20.5. The zero-order valence-electron chi connectivity index (χ0n) is 43.7. The van der Waals surface area contributed by atoms with Crippen molar-refractivity contribution < 1.29 is 9.59 Å². The maximum absolute atomic E-state index is 10.5. The minimum absolute atomic E-state index is 0.0178. The molecule has 0 aliphatic rings. The van der Waals surface area contributed by atoms with Crippen molar-refractivity contribution in [2.45, 2.75) is 128 Å². The molecule has 21 N–H and O–H groups in total. The van der Waals surface area contributed by atoms with Gasteiger partial charge in [-0.1, -0.05) is 11.5 Å². The van der Waals surface area contributed by atoms with E-state index in [1.165, 1.54) is 45.3 Å². The monoisotopic (exact) mass is 1260 g/mol. The molecule has 0 aromatic carbocycles. The number of thiazole rings is 4. The van der Waals surface area contributed by atoms with Gasteiger partial charge in [0.15, 0.2) is 23.8 Å². The Balaban J connectivity index is 0. The first-order valence-corrected chi connectivity index (χ1v) is 30.5. The summed E-state index contributed by atoms with van der Waals surface area (Å²) in [6.07, 6.45) is 17.8. The number of unbranched alkanes of at least 4 members (excludes halogenated alkanes) is 7. The predicted molar refractivity (Wildman–Crippen MR) is 333 cm³/mol. The summed E-state index contributed by atoms with van der Waals surface area (Å²) in [7, 11) is 0. The highest BCUT2D eigenvalue weighted by molar-refractivity contribution is 7.14. The molecule has 0 bridgehead atoms. The fourth-order valence-electron chi connectivity index (χ4n) is 5.32. The number of rotatable bonds is 32. The number of halogens is 5. The number of aryl methyl sites for hydroxylation is 4. The smallest absolute Gasteiger partial charge is 0.221 e. The molecular weight excluding hydrogens is 1190 g/mol. The Bertz CT molecular complexity index is 2290. The number of ketones is 1. The number of guanidine groups is 4. The number of nitrogens with two attached hydrogens (primary N) is 10. The number of carbonyl (C=O) groups excluding carboxylic acids is 2. The van der Waals surface area contributed by atoms with Crippen LogP contribution in [0.5, 0.6) is 0 Å². The number of nitrogens with zero attached hydrogens (tertiary/aromatic N) is 11. The number of nitrogens with one attached hydrogen (secondary N) is 1. The number of hydrogen-bond donors (Lipinski definition) is 11. The molecule has 4 aromatic rings. The molecule has 0 aliphatic carbocycles. The standard InChI is InChI=1S/C10H18N6S.C8H13ClN4S.C8H13N7S.C8H15N5S.C6H10Cl2O.C5H8Cl2O/c11-8(12)5-3-1-2-4-7-6-17-10(15-7)16-9(13)14;9-4-2-1-3-6-5-14-8(12-6)13-7(10)11;9-7(10)14-8-13-6(5-16-8)3-1-2-4-12-15-11;9-4-2-1-3-6-5-14-8(12-6)13-7(10)11;7-4-2-1-3-6(9)5-8;6-4-2-1-3-5(7)8/h6H,1-5H2,(H3,11,12)(H4,13,14,15,16);5H,1-4H2,(H4,10,11,12,13);5H,1-4H2,(H4,9,10,13,14);5H,1-4,9H2,(H4,10,11,12,13);1-5H2;1-4H2. The van der Waals surface area contributed by atoms with Crippen LogP contribution < -0.4 is 57.3 Å². The highest BCUT2D eigenvalue weighted by Crippen LogP contribution is 2.22. The van der Waals surface area contributed by atoms with Crippen LogP contribution in [0, 0.1) is 5.41 Å². The molecule has 4 heterocycles. The molecule has 0 fully saturated rings. The number of alkyl halides is 4. The second kappa shape index (κ2) is 51.6. The maximum atomic E-state index is 10.5. The number of carbonyl (C=O) groups is 2. The Morgan fingerprint density at radius 2 is 0.833 bits per heavy atom. The molecule has 438 valence electrons. The lowest BCUT2D eigenvalue weighted by molar-refractivity contribution is -0.116. The van der Waals surface area contributed by atoms with Crippen LogP contribution in [0.1, 0.15) is 126 Å². The van der Waals surface area contributed by atoms with Crippen molar-refractivity contribution in [2.24, 2.45) is 82.4 Å². The molecule has 0 atom stereocenters. The molecule has 0 unspecified atom stereocenters. The van der Waals surface area contributed by atoms with Crippen LogP contribution in [0.15, 0.2) is 46.6 Å². The van der Waals surface area contributed by atoms with E-state index in [0.29, 0.717) is 64.0 Å². The van der Waals surface area contributed by atoms with E-state index in [1.807, 2.05) is 21.5 Å². The number of azide groups is 1. The van der Waals surface area contributed by atoms with Gasteiger partial charge in [-0.3, -0.25) is 15.0 Å². The highest BCUT2D eigenvalue weighted by Gasteiger charge is 2.05. The van der Waals surface area contributed by atoms with E-state index in [9.17, 15) is 9.59 Å². The van der Waals surface area contributed by atoms with Gasteiger partial charge < -0.3 is 57.3 Å². The molecule has 0 saturated heterocycles. The molecular formula is C45H77Cl5N22O2S4. The first-order valence-electron chi connectivity index (χ1n) is 24.5. The van der Waals surface area contributed by atoms with Crippen LogP contribution in [0.25, 0.3) is 10.4 Å². The van der Waals surface area contributed by atoms with E-state index in [1.54, 1.807) is 0 Å². The van der Waals surface area contributed by atoms with E-state index >= 15 is 0 Å². The molecule has 0 radical (unpaired) electrons. The Morgan fingerprint density at radius 3 is 1.15 bits per heavy atom. The summed E-state index contributed by atoms with van der Waals surface area (Å²) < 4.78 is 0. The molecule has 4 aromatic heterocycles. The van der Waals surface area contributed by atoms with Crippen molar-refractivity contribution in [1.82, 2.24) is 19.9 Å². The van der Waals surface area contributed by atoms with E-state index in [0.717, 1.165) is 138 Å². The quantitative estimate of drug-likeness (QED) is 0.00317. The SMILES string of the molecule is N=C(N)CCCCCc1csc(N=C(N)N)n1.NC(N)=Nc1nc(CCCCCl)cs1.NCCCCc1csc(N=C(N)N)n1.O=C(CCl)CCCCCl.O=C(Cl)CCCCCl.[N-]=[N+]=NCCCCc1csc(N=C(N)N)n1. The number of aliphatic imine (C=N–C) groups is 4. The van der Waals surface area contributed by atoms with Gasteiger partial charge >= 0.3 is 0 Å². The Kier molecular flexibility index (Phi) is 49.7. The van der Waals surface area contributed by atoms with Gasteiger partial charge in [-0.15, -0.1) is 91.8 Å². The van der Waals surface area contributed by atoms with Crippen LogP contribution in [0.2, 0.25) is 0 Å². The van der Waals surface area contributed by atoms with Crippen molar-refractivity contribution in [3.63, 3.8) is 0 Å². The minimum atomic E-state index is -0.268. The average Bonchev–Trinajstić information content (AvgIpc) is 4.22. The second-order valence-electron chi connectivity index (χ2n) is 15.8. The number of aromatic nitrogens is 4.